The zero-order valence-corrected chi connectivity index (χ0v) is 16.8. The van der Waals surface area contributed by atoms with Crippen LogP contribution in [0.1, 0.15) is 21.5 Å². The number of halogens is 1. The molecule has 0 radical (unpaired) electrons. The number of carbonyl (C=O) groups is 1. The van der Waals surface area contributed by atoms with Crippen molar-refractivity contribution in [2.45, 2.75) is 13.3 Å². The zero-order valence-electron chi connectivity index (χ0n) is 16.0. The molecule has 5 heteroatoms. The standard InChI is InChI=1S/C24H21ClN2O2/c1-16-5-8-20(9-6-16)29-21-4-2-3-17(13-21)24(28)26-12-11-18-15-27-23-10-7-19(25)14-22(18)23/h2-10,13-15,27H,11-12H2,1H3,(H,26,28). The van der Waals surface area contributed by atoms with Crippen molar-refractivity contribution in [3.63, 3.8) is 0 Å². The van der Waals surface area contributed by atoms with E-state index < -0.39 is 0 Å². The van der Waals surface area contributed by atoms with Crippen LogP contribution in [0.15, 0.2) is 72.9 Å². The minimum Gasteiger partial charge on any atom is -0.457 e. The molecule has 1 heterocycles. The summed E-state index contributed by atoms with van der Waals surface area (Å²) in [6, 6.07) is 20.8. The molecule has 0 atom stereocenters. The maximum absolute atomic E-state index is 12.5. The van der Waals surface area contributed by atoms with Gasteiger partial charge in [0.25, 0.3) is 5.91 Å². The van der Waals surface area contributed by atoms with Gasteiger partial charge in [-0.1, -0.05) is 35.4 Å². The molecule has 2 N–H and O–H groups in total. The number of ether oxygens (including phenoxy) is 1. The number of hydrogen-bond acceptors (Lipinski definition) is 2. The first-order valence-corrected chi connectivity index (χ1v) is 9.84. The maximum atomic E-state index is 12.5. The van der Waals surface area contributed by atoms with Crippen molar-refractivity contribution in [2.75, 3.05) is 6.54 Å². The highest BCUT2D eigenvalue weighted by atomic mass is 35.5. The first-order chi connectivity index (χ1) is 14.1. The summed E-state index contributed by atoms with van der Waals surface area (Å²) in [6.45, 7) is 2.56. The van der Waals surface area contributed by atoms with Crippen LogP contribution in [0.25, 0.3) is 10.9 Å². The number of benzene rings is 3. The highest BCUT2D eigenvalue weighted by Gasteiger charge is 2.09. The van der Waals surface area contributed by atoms with Crippen molar-refractivity contribution >= 4 is 28.4 Å². The molecule has 0 aliphatic carbocycles. The quantitative estimate of drug-likeness (QED) is 0.420. The molecular formula is C24H21ClN2O2. The molecule has 4 nitrogen and oxygen atoms in total. The molecule has 1 amide bonds. The predicted molar refractivity (Wildman–Crippen MR) is 117 cm³/mol. The minimum atomic E-state index is -0.128. The molecule has 4 rings (SSSR count). The average molecular weight is 405 g/mol. The van der Waals surface area contributed by atoms with Crippen molar-refractivity contribution in [1.29, 1.82) is 0 Å². The van der Waals surface area contributed by atoms with Crippen LogP contribution in [0.4, 0.5) is 0 Å². The van der Waals surface area contributed by atoms with Gasteiger partial charge >= 0.3 is 0 Å². The van der Waals surface area contributed by atoms with Crippen molar-refractivity contribution in [3.05, 3.63) is 94.6 Å². The first-order valence-electron chi connectivity index (χ1n) is 9.47. The predicted octanol–water partition coefficient (Wildman–Crippen LogP) is 5.89. The van der Waals surface area contributed by atoms with Crippen molar-refractivity contribution in [2.24, 2.45) is 0 Å². The molecular weight excluding hydrogens is 384 g/mol. The van der Waals surface area contributed by atoms with Gasteiger partial charge < -0.3 is 15.0 Å². The van der Waals surface area contributed by atoms with Gasteiger partial charge in [0.1, 0.15) is 11.5 Å². The van der Waals surface area contributed by atoms with Crippen LogP contribution in [0.2, 0.25) is 5.02 Å². The van der Waals surface area contributed by atoms with Gasteiger partial charge in [0.05, 0.1) is 0 Å². The van der Waals surface area contributed by atoms with E-state index in [2.05, 4.69) is 10.3 Å². The summed E-state index contributed by atoms with van der Waals surface area (Å²) in [6.07, 6.45) is 2.68. The fraction of sp³-hybridized carbons (Fsp3) is 0.125. The van der Waals surface area contributed by atoms with Gasteiger partial charge in [0.15, 0.2) is 0 Å². The van der Waals surface area contributed by atoms with E-state index in [-0.39, 0.29) is 5.91 Å². The largest absolute Gasteiger partial charge is 0.457 e. The number of aromatic amines is 1. The minimum absolute atomic E-state index is 0.128. The molecule has 0 bridgehead atoms. The molecule has 0 saturated heterocycles. The number of fused-ring (bicyclic) bond motifs is 1. The number of nitrogens with one attached hydrogen (secondary N) is 2. The molecule has 0 saturated carbocycles. The normalized spacial score (nSPS) is 10.8. The fourth-order valence-corrected chi connectivity index (χ4v) is 3.39. The van der Waals surface area contributed by atoms with Gasteiger partial charge in [0, 0.05) is 34.2 Å². The Morgan fingerprint density at radius 3 is 2.69 bits per heavy atom. The van der Waals surface area contributed by atoms with Crippen LogP contribution in [-0.4, -0.2) is 17.4 Å². The number of aryl methyl sites for hydroxylation is 1. The monoisotopic (exact) mass is 404 g/mol. The molecule has 0 aliphatic heterocycles. The summed E-state index contributed by atoms with van der Waals surface area (Å²) in [5.74, 6) is 1.25. The van der Waals surface area contributed by atoms with E-state index in [0.29, 0.717) is 29.3 Å². The lowest BCUT2D eigenvalue weighted by Gasteiger charge is -2.09. The molecule has 146 valence electrons. The maximum Gasteiger partial charge on any atom is 0.251 e. The Morgan fingerprint density at radius 2 is 1.86 bits per heavy atom. The SMILES string of the molecule is Cc1ccc(Oc2cccc(C(=O)NCCc3c[nH]c4ccc(Cl)cc34)c2)cc1. The molecule has 29 heavy (non-hydrogen) atoms. The molecule has 3 aromatic carbocycles. The number of rotatable bonds is 6. The Morgan fingerprint density at radius 1 is 1.03 bits per heavy atom. The Kier molecular flexibility index (Phi) is 5.54. The van der Waals surface area contributed by atoms with E-state index in [1.165, 1.54) is 5.56 Å². The van der Waals surface area contributed by atoms with Crippen LogP contribution in [-0.2, 0) is 6.42 Å². The van der Waals surface area contributed by atoms with Crippen molar-refractivity contribution in [1.82, 2.24) is 10.3 Å². The van der Waals surface area contributed by atoms with Gasteiger partial charge in [-0.25, -0.2) is 0 Å². The van der Waals surface area contributed by atoms with Gasteiger partial charge in [-0.15, -0.1) is 0 Å². The summed E-state index contributed by atoms with van der Waals surface area (Å²) in [5, 5.41) is 4.76. The lowest BCUT2D eigenvalue weighted by molar-refractivity contribution is 0.0954. The summed E-state index contributed by atoms with van der Waals surface area (Å²) in [7, 11) is 0. The second-order valence-corrected chi connectivity index (χ2v) is 7.39. The van der Waals surface area contributed by atoms with Gasteiger partial charge in [-0.3, -0.25) is 4.79 Å². The van der Waals surface area contributed by atoms with E-state index >= 15 is 0 Å². The highest BCUT2D eigenvalue weighted by Crippen LogP contribution is 2.24. The van der Waals surface area contributed by atoms with E-state index in [1.807, 2.05) is 67.7 Å². The van der Waals surface area contributed by atoms with E-state index in [9.17, 15) is 4.79 Å². The number of carbonyl (C=O) groups excluding carboxylic acids is 1. The van der Waals surface area contributed by atoms with E-state index in [0.717, 1.165) is 22.2 Å². The second kappa shape index (κ2) is 8.41. The topological polar surface area (TPSA) is 54.1 Å². The smallest absolute Gasteiger partial charge is 0.251 e. The summed E-state index contributed by atoms with van der Waals surface area (Å²) >= 11 is 6.10. The number of hydrogen-bond donors (Lipinski definition) is 2. The van der Waals surface area contributed by atoms with E-state index in [1.54, 1.807) is 12.1 Å². The Bertz CT molecular complexity index is 1150. The Balaban J connectivity index is 1.38. The third-order valence-corrected chi connectivity index (χ3v) is 5.00. The zero-order chi connectivity index (χ0) is 20.2. The van der Waals surface area contributed by atoms with Crippen LogP contribution in [0.5, 0.6) is 11.5 Å². The van der Waals surface area contributed by atoms with Crippen molar-refractivity contribution < 1.29 is 9.53 Å². The second-order valence-electron chi connectivity index (χ2n) is 6.95. The Hall–Kier alpha value is -3.24. The third kappa shape index (κ3) is 4.61. The van der Waals surface area contributed by atoms with Crippen molar-refractivity contribution in [3.8, 4) is 11.5 Å². The van der Waals surface area contributed by atoms with Gasteiger partial charge in [-0.05, 0) is 67.4 Å². The molecule has 0 fully saturated rings. The lowest BCUT2D eigenvalue weighted by Crippen LogP contribution is -2.25. The third-order valence-electron chi connectivity index (χ3n) is 4.76. The molecule has 4 aromatic rings. The van der Waals surface area contributed by atoms with Crippen LogP contribution in [0.3, 0.4) is 0 Å². The fourth-order valence-electron chi connectivity index (χ4n) is 3.21. The first kappa shape index (κ1) is 19.1. The summed E-state index contributed by atoms with van der Waals surface area (Å²) in [4.78, 5) is 15.8. The van der Waals surface area contributed by atoms with Crippen LogP contribution >= 0.6 is 11.6 Å². The summed E-state index contributed by atoms with van der Waals surface area (Å²) in [5.41, 5.74) is 3.90. The molecule has 0 aliphatic rings. The van der Waals surface area contributed by atoms with E-state index in [4.69, 9.17) is 16.3 Å². The van der Waals surface area contributed by atoms with Gasteiger partial charge in [0.2, 0.25) is 0 Å². The summed E-state index contributed by atoms with van der Waals surface area (Å²) < 4.78 is 5.85. The lowest BCUT2D eigenvalue weighted by atomic mass is 10.1. The van der Waals surface area contributed by atoms with Crippen LogP contribution in [0, 0.1) is 6.92 Å². The molecule has 0 spiro atoms. The molecule has 0 unspecified atom stereocenters. The van der Waals surface area contributed by atoms with Crippen LogP contribution < -0.4 is 10.1 Å². The number of aromatic nitrogens is 1. The Labute approximate surface area is 174 Å². The average Bonchev–Trinajstić information content (AvgIpc) is 3.12. The number of amides is 1. The molecule has 1 aromatic heterocycles. The highest BCUT2D eigenvalue weighted by molar-refractivity contribution is 6.31. The number of H-pyrrole nitrogens is 1. The van der Waals surface area contributed by atoms with Gasteiger partial charge in [-0.2, -0.15) is 0 Å².